The summed E-state index contributed by atoms with van der Waals surface area (Å²) in [5, 5.41) is 1.30. The molecular formula is C29H43F2O4PS. The van der Waals surface area contributed by atoms with Gasteiger partial charge >= 0.3 is 0 Å². The average molecular weight is 557 g/mol. The standard InChI is InChI=1S/C11H12F2O.C10H20O3.C8H11PS/c1-3-7(2)11(14)10-8(12)5-4-6-9(10)13;1-8(13-4)5-6-10(7-12-3)9(2)11;1-6-3-4-7(10-2)5-8(6)9/h4-7H,3H2,1-2H3;8,10H,5-7H2,1-4H3;3-5H,9H2,1-2H3. The highest BCUT2D eigenvalue weighted by molar-refractivity contribution is 7.98. The third kappa shape index (κ3) is 13.6. The Kier molecular flexibility index (Phi) is 18.5. The molecule has 0 saturated heterocycles. The third-order valence-corrected chi connectivity index (χ3v) is 7.37. The van der Waals surface area contributed by atoms with Crippen LogP contribution in [0.3, 0.4) is 0 Å². The van der Waals surface area contributed by atoms with Gasteiger partial charge in [0.25, 0.3) is 0 Å². The van der Waals surface area contributed by atoms with Crippen LogP contribution in [0.15, 0.2) is 41.3 Å². The maximum absolute atomic E-state index is 13.1. The first-order valence-corrected chi connectivity index (χ1v) is 14.1. The Labute approximate surface area is 228 Å². The first-order valence-electron chi connectivity index (χ1n) is 12.3. The van der Waals surface area contributed by atoms with E-state index in [2.05, 4.69) is 40.6 Å². The highest BCUT2D eigenvalue weighted by Crippen LogP contribution is 2.18. The summed E-state index contributed by atoms with van der Waals surface area (Å²) in [6.07, 6.45) is 4.64. The Morgan fingerprint density at radius 2 is 1.65 bits per heavy atom. The fourth-order valence-corrected chi connectivity index (χ4v) is 3.91. The van der Waals surface area contributed by atoms with Gasteiger partial charge in [-0.05, 0) is 81.4 Å². The van der Waals surface area contributed by atoms with E-state index < -0.39 is 23.0 Å². The smallest absolute Gasteiger partial charge is 0.171 e. The van der Waals surface area contributed by atoms with Crippen molar-refractivity contribution < 1.29 is 27.8 Å². The predicted molar refractivity (Wildman–Crippen MR) is 154 cm³/mol. The lowest BCUT2D eigenvalue weighted by molar-refractivity contribution is -0.122. The zero-order valence-electron chi connectivity index (χ0n) is 23.4. The lowest BCUT2D eigenvalue weighted by atomic mass is 9.96. The Balaban J connectivity index is 0.000000532. The second kappa shape index (κ2) is 19.4. The number of aryl methyl sites for hydroxylation is 1. The van der Waals surface area contributed by atoms with Crippen molar-refractivity contribution in [2.24, 2.45) is 11.8 Å². The van der Waals surface area contributed by atoms with Crippen LogP contribution in [-0.4, -0.2) is 44.8 Å². The van der Waals surface area contributed by atoms with Gasteiger partial charge in [-0.2, -0.15) is 0 Å². The number of hydrogen-bond donors (Lipinski definition) is 0. The molecule has 2 aromatic carbocycles. The van der Waals surface area contributed by atoms with Crippen molar-refractivity contribution in [2.75, 3.05) is 27.1 Å². The van der Waals surface area contributed by atoms with E-state index in [9.17, 15) is 18.4 Å². The zero-order valence-corrected chi connectivity index (χ0v) is 25.4. The SMILES string of the molecule is CCC(C)C(=O)c1c(F)cccc1F.COCC(CCC(C)OC)C(C)=O.CSc1ccc(C)c(P)c1. The van der Waals surface area contributed by atoms with Gasteiger partial charge in [-0.1, -0.05) is 26.0 Å². The molecule has 0 radical (unpaired) electrons. The van der Waals surface area contributed by atoms with Crippen molar-refractivity contribution in [3.05, 3.63) is 59.2 Å². The summed E-state index contributed by atoms with van der Waals surface area (Å²) in [6, 6.07) is 9.92. The summed E-state index contributed by atoms with van der Waals surface area (Å²) >= 11 is 1.78. The molecule has 2 rings (SSSR count). The first kappa shape index (κ1) is 35.3. The molecule has 2 aromatic rings. The van der Waals surface area contributed by atoms with Crippen molar-refractivity contribution in [3.8, 4) is 0 Å². The molecular weight excluding hydrogens is 513 g/mol. The van der Waals surface area contributed by atoms with Gasteiger partial charge in [0, 0.05) is 31.0 Å². The molecule has 0 aliphatic rings. The van der Waals surface area contributed by atoms with E-state index in [1.54, 1.807) is 46.8 Å². The Bertz CT molecular complexity index is 951. The minimum absolute atomic E-state index is 0.0302. The Morgan fingerprint density at radius 3 is 2.08 bits per heavy atom. The van der Waals surface area contributed by atoms with E-state index in [0.717, 1.165) is 25.0 Å². The minimum atomic E-state index is -0.782. The van der Waals surface area contributed by atoms with Gasteiger partial charge in [0.05, 0.1) is 18.3 Å². The molecule has 4 unspecified atom stereocenters. The van der Waals surface area contributed by atoms with Crippen molar-refractivity contribution in [1.82, 2.24) is 0 Å². The van der Waals surface area contributed by atoms with E-state index in [4.69, 9.17) is 9.47 Å². The predicted octanol–water partition coefficient (Wildman–Crippen LogP) is 7.06. The van der Waals surface area contributed by atoms with Crippen LogP contribution >= 0.6 is 21.0 Å². The van der Waals surface area contributed by atoms with Crippen molar-refractivity contribution >= 4 is 37.9 Å². The quantitative estimate of drug-likeness (QED) is 0.168. The molecule has 0 aliphatic heterocycles. The molecule has 0 heterocycles. The van der Waals surface area contributed by atoms with Gasteiger partial charge in [0.15, 0.2) is 5.78 Å². The summed E-state index contributed by atoms with van der Waals surface area (Å²) in [5.41, 5.74) is 0.921. The van der Waals surface area contributed by atoms with Crippen LogP contribution in [0.5, 0.6) is 0 Å². The second-order valence-corrected chi connectivity index (χ2v) is 10.4. The molecule has 0 N–H and O–H groups in total. The van der Waals surface area contributed by atoms with Crippen LogP contribution in [0.25, 0.3) is 0 Å². The van der Waals surface area contributed by atoms with Gasteiger partial charge in [-0.15, -0.1) is 21.0 Å². The number of ketones is 2. The number of rotatable bonds is 11. The lowest BCUT2D eigenvalue weighted by Gasteiger charge is -2.15. The van der Waals surface area contributed by atoms with Crippen LogP contribution in [0.1, 0.15) is 62.9 Å². The van der Waals surface area contributed by atoms with Gasteiger partial charge in [-0.25, -0.2) is 8.78 Å². The van der Waals surface area contributed by atoms with E-state index >= 15 is 0 Å². The molecule has 37 heavy (non-hydrogen) atoms. The van der Waals surface area contributed by atoms with Gasteiger partial charge in [0.2, 0.25) is 0 Å². The normalized spacial score (nSPS) is 12.8. The fourth-order valence-electron chi connectivity index (χ4n) is 3.07. The maximum atomic E-state index is 13.1. The van der Waals surface area contributed by atoms with Crippen molar-refractivity contribution in [2.45, 2.75) is 64.9 Å². The number of methoxy groups -OCH3 is 2. The topological polar surface area (TPSA) is 52.6 Å². The van der Waals surface area contributed by atoms with Gasteiger partial charge < -0.3 is 9.47 Å². The Morgan fingerprint density at radius 1 is 1.05 bits per heavy atom. The monoisotopic (exact) mass is 556 g/mol. The molecule has 0 spiro atoms. The summed E-state index contributed by atoms with van der Waals surface area (Å²) in [6.45, 7) is 9.72. The molecule has 208 valence electrons. The number of carbonyl (C=O) groups excluding carboxylic acids is 2. The molecule has 0 aromatic heterocycles. The number of hydrogen-bond acceptors (Lipinski definition) is 5. The largest absolute Gasteiger partial charge is 0.384 e. The summed E-state index contributed by atoms with van der Waals surface area (Å²) in [5.74, 6) is -2.15. The molecule has 0 amide bonds. The number of ether oxygens (including phenoxy) is 2. The van der Waals surface area contributed by atoms with Crippen LogP contribution in [0.2, 0.25) is 0 Å². The second-order valence-electron chi connectivity index (χ2n) is 8.88. The van der Waals surface area contributed by atoms with E-state index in [0.29, 0.717) is 13.0 Å². The maximum Gasteiger partial charge on any atom is 0.171 e. The summed E-state index contributed by atoms with van der Waals surface area (Å²) < 4.78 is 36.3. The van der Waals surface area contributed by atoms with Gasteiger partial charge in [0.1, 0.15) is 17.4 Å². The number of halogens is 2. The number of benzene rings is 2. The van der Waals surface area contributed by atoms with Crippen LogP contribution in [0.4, 0.5) is 8.78 Å². The Hall–Kier alpha value is -1.66. The summed E-state index contributed by atoms with van der Waals surface area (Å²) in [4.78, 5) is 24.0. The van der Waals surface area contributed by atoms with Gasteiger partial charge in [-0.3, -0.25) is 9.59 Å². The first-order chi connectivity index (χ1) is 17.4. The number of thioether (sulfide) groups is 1. The molecule has 8 heteroatoms. The fraction of sp³-hybridized carbons (Fsp3) is 0.517. The van der Waals surface area contributed by atoms with Crippen LogP contribution < -0.4 is 5.30 Å². The molecule has 0 saturated carbocycles. The lowest BCUT2D eigenvalue weighted by Crippen LogP contribution is -2.19. The van der Waals surface area contributed by atoms with Crippen LogP contribution in [0, 0.1) is 30.4 Å². The van der Waals surface area contributed by atoms with E-state index in [1.165, 1.54) is 21.8 Å². The van der Waals surface area contributed by atoms with Crippen molar-refractivity contribution in [3.63, 3.8) is 0 Å². The van der Waals surface area contributed by atoms with E-state index in [-0.39, 0.29) is 23.7 Å². The molecule has 4 nitrogen and oxygen atoms in total. The van der Waals surface area contributed by atoms with Crippen LogP contribution in [-0.2, 0) is 14.3 Å². The molecule has 0 aliphatic carbocycles. The zero-order chi connectivity index (χ0) is 28.5. The average Bonchev–Trinajstić information content (AvgIpc) is 2.87. The number of Topliss-reactive ketones (excluding diaryl/α,β-unsaturated/α-hetero) is 2. The minimum Gasteiger partial charge on any atom is -0.384 e. The van der Waals surface area contributed by atoms with Crippen molar-refractivity contribution in [1.29, 1.82) is 0 Å². The van der Waals surface area contributed by atoms with E-state index in [1.807, 2.05) is 6.92 Å². The highest BCUT2D eigenvalue weighted by atomic mass is 32.2. The third-order valence-electron chi connectivity index (χ3n) is 6.02. The highest BCUT2D eigenvalue weighted by Gasteiger charge is 2.21. The molecule has 4 atom stereocenters. The number of carbonyl (C=O) groups is 2. The molecule has 0 fully saturated rings. The molecule has 0 bridgehead atoms. The summed E-state index contributed by atoms with van der Waals surface area (Å²) in [7, 11) is 6.04.